The predicted molar refractivity (Wildman–Crippen MR) is 122 cm³/mol. The first kappa shape index (κ1) is 20.8. The zero-order valence-electron chi connectivity index (χ0n) is 17.4. The number of nitrogens with zero attached hydrogens (tertiary/aromatic N) is 2. The molecule has 158 valence electrons. The van der Waals surface area contributed by atoms with Crippen LogP contribution < -0.4 is 5.32 Å². The second kappa shape index (κ2) is 8.35. The molecule has 0 spiro atoms. The summed E-state index contributed by atoms with van der Waals surface area (Å²) < 4.78 is 26.8. The Morgan fingerprint density at radius 2 is 1.71 bits per heavy atom. The number of amides is 1. The van der Waals surface area contributed by atoms with E-state index in [-0.39, 0.29) is 23.0 Å². The van der Waals surface area contributed by atoms with Crippen molar-refractivity contribution in [2.75, 3.05) is 11.1 Å². The summed E-state index contributed by atoms with van der Waals surface area (Å²) in [5.41, 5.74) is 5.38. The fraction of sp³-hybridized carbons (Fsp3) is 0.167. The first-order valence-electron chi connectivity index (χ1n) is 9.96. The highest BCUT2D eigenvalue weighted by Crippen LogP contribution is 2.22. The molecule has 0 saturated carbocycles. The fourth-order valence-corrected chi connectivity index (χ4v) is 4.57. The van der Waals surface area contributed by atoms with Crippen molar-refractivity contribution in [1.29, 1.82) is 0 Å². The SMILES string of the molecule is Cc1ccc(S(=O)(=O)CCC(=O)Nc2ccc(-c3cn4cccc(C)c4n3)cc2)cc1. The quantitative estimate of drug-likeness (QED) is 0.488. The molecule has 0 radical (unpaired) electrons. The van der Waals surface area contributed by atoms with Crippen LogP contribution in [-0.2, 0) is 14.6 Å². The lowest BCUT2D eigenvalue weighted by Crippen LogP contribution is -2.17. The molecule has 0 unspecified atom stereocenters. The van der Waals surface area contributed by atoms with Crippen LogP contribution in [0.3, 0.4) is 0 Å². The summed E-state index contributed by atoms with van der Waals surface area (Å²) in [6.07, 6.45) is 3.81. The van der Waals surface area contributed by atoms with E-state index in [2.05, 4.69) is 10.3 Å². The van der Waals surface area contributed by atoms with Crippen LogP contribution in [0.1, 0.15) is 17.5 Å². The van der Waals surface area contributed by atoms with Crippen molar-refractivity contribution in [1.82, 2.24) is 9.38 Å². The van der Waals surface area contributed by atoms with Gasteiger partial charge < -0.3 is 9.72 Å². The Balaban J connectivity index is 1.39. The standard InChI is InChI=1S/C24H23N3O3S/c1-17-5-11-21(12-6-17)31(29,30)15-13-23(28)25-20-9-7-19(8-10-20)22-16-27-14-3-4-18(2)24(27)26-22/h3-12,14,16H,13,15H2,1-2H3,(H,25,28). The minimum absolute atomic E-state index is 0.107. The zero-order chi connectivity index (χ0) is 22.0. The second-order valence-corrected chi connectivity index (χ2v) is 9.66. The molecule has 0 aliphatic heterocycles. The maximum absolute atomic E-state index is 12.4. The average Bonchev–Trinajstić information content (AvgIpc) is 3.19. The van der Waals surface area contributed by atoms with Gasteiger partial charge in [0.25, 0.3) is 0 Å². The number of imidazole rings is 1. The number of benzene rings is 2. The van der Waals surface area contributed by atoms with Gasteiger partial charge in [-0.2, -0.15) is 0 Å². The lowest BCUT2D eigenvalue weighted by molar-refractivity contribution is -0.115. The van der Waals surface area contributed by atoms with E-state index in [0.29, 0.717) is 5.69 Å². The van der Waals surface area contributed by atoms with Gasteiger partial charge in [0.1, 0.15) is 5.65 Å². The largest absolute Gasteiger partial charge is 0.326 e. The summed E-state index contributed by atoms with van der Waals surface area (Å²) in [5, 5.41) is 2.76. The first-order chi connectivity index (χ1) is 14.8. The monoisotopic (exact) mass is 433 g/mol. The van der Waals surface area contributed by atoms with E-state index in [1.807, 2.05) is 54.9 Å². The van der Waals surface area contributed by atoms with Crippen molar-refractivity contribution >= 4 is 27.1 Å². The number of hydrogen-bond donors (Lipinski definition) is 1. The van der Waals surface area contributed by atoms with Gasteiger partial charge in [0.2, 0.25) is 5.91 Å². The Bertz CT molecular complexity index is 1340. The molecule has 2 heterocycles. The molecule has 2 aromatic heterocycles. The van der Waals surface area contributed by atoms with Crippen molar-refractivity contribution in [3.63, 3.8) is 0 Å². The van der Waals surface area contributed by atoms with Crippen molar-refractivity contribution in [2.45, 2.75) is 25.2 Å². The Labute approximate surface area is 181 Å². The number of fused-ring (bicyclic) bond motifs is 1. The Hall–Kier alpha value is -3.45. The molecular weight excluding hydrogens is 410 g/mol. The van der Waals surface area contributed by atoms with Crippen molar-refractivity contribution in [2.24, 2.45) is 0 Å². The third-order valence-corrected chi connectivity index (χ3v) is 6.85. The van der Waals surface area contributed by atoms with E-state index >= 15 is 0 Å². The number of carbonyl (C=O) groups is 1. The number of nitrogens with one attached hydrogen (secondary N) is 1. The van der Waals surface area contributed by atoms with Crippen LogP contribution in [0, 0.1) is 13.8 Å². The van der Waals surface area contributed by atoms with Gasteiger partial charge in [0.15, 0.2) is 9.84 Å². The second-order valence-electron chi connectivity index (χ2n) is 7.56. The van der Waals surface area contributed by atoms with E-state index < -0.39 is 9.84 Å². The van der Waals surface area contributed by atoms with Crippen LogP contribution >= 0.6 is 0 Å². The van der Waals surface area contributed by atoms with Gasteiger partial charge in [-0.3, -0.25) is 4.79 Å². The lowest BCUT2D eigenvalue weighted by atomic mass is 10.1. The highest BCUT2D eigenvalue weighted by Gasteiger charge is 2.16. The number of carbonyl (C=O) groups excluding carboxylic acids is 1. The molecule has 6 nitrogen and oxygen atoms in total. The molecule has 31 heavy (non-hydrogen) atoms. The molecular formula is C24H23N3O3S. The Morgan fingerprint density at radius 3 is 2.39 bits per heavy atom. The van der Waals surface area contributed by atoms with Gasteiger partial charge in [-0.25, -0.2) is 13.4 Å². The molecule has 1 N–H and O–H groups in total. The number of hydrogen-bond acceptors (Lipinski definition) is 4. The van der Waals surface area contributed by atoms with E-state index in [0.717, 1.165) is 28.0 Å². The van der Waals surface area contributed by atoms with Gasteiger partial charge in [0, 0.05) is 30.1 Å². The van der Waals surface area contributed by atoms with Crippen LogP contribution in [0.15, 0.2) is 78.0 Å². The summed E-state index contributed by atoms with van der Waals surface area (Å²) in [6.45, 7) is 3.91. The smallest absolute Gasteiger partial charge is 0.225 e. The minimum atomic E-state index is -3.49. The average molecular weight is 434 g/mol. The zero-order valence-corrected chi connectivity index (χ0v) is 18.2. The maximum Gasteiger partial charge on any atom is 0.225 e. The topological polar surface area (TPSA) is 80.5 Å². The van der Waals surface area contributed by atoms with Crippen molar-refractivity contribution < 1.29 is 13.2 Å². The summed E-state index contributed by atoms with van der Waals surface area (Å²) in [6, 6.07) is 18.0. The number of pyridine rings is 1. The number of rotatable bonds is 6. The van der Waals surface area contributed by atoms with Crippen LogP contribution in [0.4, 0.5) is 5.69 Å². The van der Waals surface area contributed by atoms with E-state index in [1.54, 1.807) is 36.4 Å². The third-order valence-electron chi connectivity index (χ3n) is 5.12. The molecule has 4 aromatic rings. The molecule has 4 rings (SSSR count). The van der Waals surface area contributed by atoms with Crippen LogP contribution in [0.5, 0.6) is 0 Å². The highest BCUT2D eigenvalue weighted by molar-refractivity contribution is 7.91. The number of aromatic nitrogens is 2. The molecule has 0 saturated heterocycles. The third kappa shape index (κ3) is 4.67. The van der Waals surface area contributed by atoms with E-state index in [9.17, 15) is 13.2 Å². The van der Waals surface area contributed by atoms with Crippen LogP contribution in [0.2, 0.25) is 0 Å². The van der Waals surface area contributed by atoms with E-state index in [4.69, 9.17) is 0 Å². The molecule has 0 bridgehead atoms. The molecule has 0 aliphatic carbocycles. The van der Waals surface area contributed by atoms with Crippen LogP contribution in [0.25, 0.3) is 16.9 Å². The number of sulfone groups is 1. The molecule has 0 atom stereocenters. The molecule has 1 amide bonds. The fourth-order valence-electron chi connectivity index (χ4n) is 3.33. The van der Waals surface area contributed by atoms with Gasteiger partial charge >= 0.3 is 0 Å². The van der Waals surface area contributed by atoms with E-state index in [1.165, 1.54) is 0 Å². The predicted octanol–water partition coefficient (Wildman–Crippen LogP) is 4.42. The summed E-state index contributed by atoms with van der Waals surface area (Å²) in [5.74, 6) is -0.576. The van der Waals surface area contributed by atoms with Gasteiger partial charge in [0.05, 0.1) is 16.3 Å². The Morgan fingerprint density at radius 1 is 1.00 bits per heavy atom. The van der Waals surface area contributed by atoms with Crippen molar-refractivity contribution in [3.05, 3.63) is 84.2 Å². The van der Waals surface area contributed by atoms with Crippen molar-refractivity contribution in [3.8, 4) is 11.3 Å². The highest BCUT2D eigenvalue weighted by atomic mass is 32.2. The van der Waals surface area contributed by atoms with Crippen LogP contribution in [-0.4, -0.2) is 29.5 Å². The molecule has 7 heteroatoms. The lowest BCUT2D eigenvalue weighted by Gasteiger charge is -2.07. The Kier molecular flexibility index (Phi) is 5.61. The maximum atomic E-state index is 12.4. The summed E-state index contributed by atoms with van der Waals surface area (Å²) in [7, 11) is -3.49. The van der Waals surface area contributed by atoms with Gasteiger partial charge in [-0.15, -0.1) is 0 Å². The summed E-state index contributed by atoms with van der Waals surface area (Å²) >= 11 is 0. The molecule has 0 fully saturated rings. The molecule has 0 aliphatic rings. The normalized spacial score (nSPS) is 11.5. The molecule has 2 aromatic carbocycles. The number of anilines is 1. The minimum Gasteiger partial charge on any atom is -0.326 e. The number of aryl methyl sites for hydroxylation is 2. The first-order valence-corrected chi connectivity index (χ1v) is 11.6. The summed E-state index contributed by atoms with van der Waals surface area (Å²) in [4.78, 5) is 17.2. The van der Waals surface area contributed by atoms with Gasteiger partial charge in [-0.1, -0.05) is 35.9 Å². The van der Waals surface area contributed by atoms with Gasteiger partial charge in [-0.05, 0) is 49.7 Å².